The van der Waals surface area contributed by atoms with Crippen LogP contribution in [-0.2, 0) is 6.54 Å². The normalized spacial score (nSPS) is 11.5. The molecule has 0 saturated carbocycles. The molecule has 22 heavy (non-hydrogen) atoms. The third kappa shape index (κ3) is 3.97. The van der Waals surface area contributed by atoms with Gasteiger partial charge >= 0.3 is 0 Å². The maximum absolute atomic E-state index is 11.7. The van der Waals surface area contributed by atoms with Gasteiger partial charge in [0.05, 0.1) is 18.3 Å². The van der Waals surface area contributed by atoms with Crippen LogP contribution < -0.4 is 5.32 Å². The van der Waals surface area contributed by atoms with Crippen LogP contribution >= 0.6 is 0 Å². The Morgan fingerprint density at radius 3 is 2.64 bits per heavy atom. The summed E-state index contributed by atoms with van der Waals surface area (Å²) >= 11 is 0. The smallest absolute Gasteiger partial charge is 0.254 e. The molecule has 1 aromatic carbocycles. The SMILES string of the molecule is CC/C=C(/O)c1ccc(Cn2cc(C(=O)NCC)cn2)cc1. The second-order valence-electron chi connectivity index (χ2n) is 4.98. The van der Waals surface area contributed by atoms with Crippen molar-refractivity contribution in [2.75, 3.05) is 6.54 Å². The molecule has 5 nitrogen and oxygen atoms in total. The van der Waals surface area contributed by atoms with Crippen LogP contribution in [0.1, 0.15) is 41.8 Å². The van der Waals surface area contributed by atoms with E-state index in [4.69, 9.17) is 0 Å². The molecule has 1 heterocycles. The molecule has 0 aliphatic heterocycles. The van der Waals surface area contributed by atoms with Crippen LogP contribution in [0.15, 0.2) is 42.7 Å². The fourth-order valence-electron chi connectivity index (χ4n) is 2.11. The quantitative estimate of drug-likeness (QED) is 0.806. The fourth-order valence-corrected chi connectivity index (χ4v) is 2.11. The number of benzene rings is 1. The van der Waals surface area contributed by atoms with Crippen molar-refractivity contribution in [1.29, 1.82) is 0 Å². The summed E-state index contributed by atoms with van der Waals surface area (Å²) in [5.74, 6) is 0.186. The summed E-state index contributed by atoms with van der Waals surface area (Å²) in [5, 5.41) is 16.8. The molecule has 0 radical (unpaired) electrons. The molecule has 5 heteroatoms. The monoisotopic (exact) mass is 299 g/mol. The van der Waals surface area contributed by atoms with E-state index in [0.717, 1.165) is 17.5 Å². The average molecular weight is 299 g/mol. The van der Waals surface area contributed by atoms with Gasteiger partial charge in [0.25, 0.3) is 5.91 Å². The van der Waals surface area contributed by atoms with Crippen molar-refractivity contribution in [3.05, 3.63) is 59.4 Å². The van der Waals surface area contributed by atoms with Crippen molar-refractivity contribution in [2.24, 2.45) is 0 Å². The first-order valence-corrected chi connectivity index (χ1v) is 7.43. The minimum Gasteiger partial charge on any atom is -0.508 e. The summed E-state index contributed by atoms with van der Waals surface area (Å²) in [4.78, 5) is 11.7. The molecular formula is C17H21N3O2. The molecule has 0 spiro atoms. The van der Waals surface area contributed by atoms with E-state index in [1.54, 1.807) is 23.2 Å². The van der Waals surface area contributed by atoms with Gasteiger partial charge in [0.1, 0.15) is 5.76 Å². The minimum absolute atomic E-state index is 0.112. The maximum Gasteiger partial charge on any atom is 0.254 e. The summed E-state index contributed by atoms with van der Waals surface area (Å²) in [7, 11) is 0. The number of amides is 1. The topological polar surface area (TPSA) is 67.2 Å². The number of hydrogen-bond acceptors (Lipinski definition) is 3. The van der Waals surface area contributed by atoms with Crippen LogP contribution in [0.4, 0.5) is 0 Å². The highest BCUT2D eigenvalue weighted by Crippen LogP contribution is 2.14. The molecule has 0 bridgehead atoms. The number of carbonyl (C=O) groups excluding carboxylic acids is 1. The average Bonchev–Trinajstić information content (AvgIpc) is 2.97. The first-order valence-electron chi connectivity index (χ1n) is 7.43. The highest BCUT2D eigenvalue weighted by molar-refractivity contribution is 5.93. The van der Waals surface area contributed by atoms with Gasteiger partial charge in [-0.2, -0.15) is 5.10 Å². The number of allylic oxidation sites excluding steroid dienone is 1. The number of nitrogens with zero attached hydrogens (tertiary/aromatic N) is 2. The van der Waals surface area contributed by atoms with Gasteiger partial charge in [0.15, 0.2) is 0 Å². The number of aliphatic hydroxyl groups is 1. The van der Waals surface area contributed by atoms with E-state index in [2.05, 4.69) is 10.4 Å². The van der Waals surface area contributed by atoms with Gasteiger partial charge < -0.3 is 10.4 Å². The summed E-state index contributed by atoms with van der Waals surface area (Å²) in [6.45, 7) is 5.04. The van der Waals surface area contributed by atoms with E-state index in [0.29, 0.717) is 24.4 Å². The van der Waals surface area contributed by atoms with Crippen LogP contribution in [-0.4, -0.2) is 27.3 Å². The number of aliphatic hydroxyl groups excluding tert-OH is 1. The van der Waals surface area contributed by atoms with Gasteiger partial charge in [-0.1, -0.05) is 31.2 Å². The highest BCUT2D eigenvalue weighted by Gasteiger charge is 2.07. The minimum atomic E-state index is -0.112. The predicted octanol–water partition coefficient (Wildman–Crippen LogP) is 2.99. The lowest BCUT2D eigenvalue weighted by Crippen LogP contribution is -2.22. The largest absolute Gasteiger partial charge is 0.508 e. The highest BCUT2D eigenvalue weighted by atomic mass is 16.3. The molecule has 2 aromatic rings. The van der Waals surface area contributed by atoms with E-state index >= 15 is 0 Å². The molecule has 0 fully saturated rings. The third-order valence-corrected chi connectivity index (χ3v) is 3.22. The third-order valence-electron chi connectivity index (χ3n) is 3.22. The van der Waals surface area contributed by atoms with Crippen molar-refractivity contribution in [2.45, 2.75) is 26.8 Å². The number of hydrogen-bond donors (Lipinski definition) is 2. The molecule has 0 aliphatic carbocycles. The molecule has 2 rings (SSSR count). The van der Waals surface area contributed by atoms with E-state index in [1.807, 2.05) is 38.1 Å². The van der Waals surface area contributed by atoms with Gasteiger partial charge in [0.2, 0.25) is 0 Å². The summed E-state index contributed by atoms with van der Waals surface area (Å²) in [6.07, 6.45) is 5.87. The van der Waals surface area contributed by atoms with Gasteiger partial charge in [-0.05, 0) is 25.0 Å². The predicted molar refractivity (Wildman–Crippen MR) is 86.7 cm³/mol. The Morgan fingerprint density at radius 2 is 2.00 bits per heavy atom. The first kappa shape index (κ1) is 15.8. The lowest BCUT2D eigenvalue weighted by Gasteiger charge is -2.04. The van der Waals surface area contributed by atoms with Crippen LogP contribution in [0.2, 0.25) is 0 Å². The Balaban J connectivity index is 2.05. The number of carbonyl (C=O) groups is 1. The number of nitrogens with one attached hydrogen (secondary N) is 1. The molecule has 116 valence electrons. The second-order valence-corrected chi connectivity index (χ2v) is 4.98. The fraction of sp³-hybridized carbons (Fsp3) is 0.294. The van der Waals surface area contributed by atoms with E-state index in [-0.39, 0.29) is 5.91 Å². The van der Waals surface area contributed by atoms with Crippen LogP contribution in [0.25, 0.3) is 5.76 Å². The Morgan fingerprint density at radius 1 is 1.27 bits per heavy atom. The summed E-state index contributed by atoms with van der Waals surface area (Å²) in [6, 6.07) is 7.65. The number of rotatable bonds is 6. The molecule has 2 N–H and O–H groups in total. The Hall–Kier alpha value is -2.56. The maximum atomic E-state index is 11.7. The molecule has 0 saturated heterocycles. The van der Waals surface area contributed by atoms with Gasteiger partial charge in [-0.3, -0.25) is 9.48 Å². The first-order chi connectivity index (χ1) is 10.6. The Kier molecular flexibility index (Phi) is 5.36. The second kappa shape index (κ2) is 7.45. The molecule has 0 unspecified atom stereocenters. The van der Waals surface area contributed by atoms with Crippen molar-refractivity contribution < 1.29 is 9.90 Å². The van der Waals surface area contributed by atoms with Gasteiger partial charge in [-0.25, -0.2) is 0 Å². The zero-order chi connectivity index (χ0) is 15.9. The van der Waals surface area contributed by atoms with Crippen LogP contribution in [0, 0.1) is 0 Å². The van der Waals surface area contributed by atoms with E-state index < -0.39 is 0 Å². The molecule has 1 aromatic heterocycles. The van der Waals surface area contributed by atoms with E-state index in [1.165, 1.54) is 0 Å². The lowest BCUT2D eigenvalue weighted by molar-refractivity contribution is 0.0955. The van der Waals surface area contributed by atoms with Crippen molar-refractivity contribution in [3.63, 3.8) is 0 Å². The van der Waals surface area contributed by atoms with Crippen molar-refractivity contribution in [1.82, 2.24) is 15.1 Å². The van der Waals surface area contributed by atoms with E-state index in [9.17, 15) is 9.90 Å². The molecule has 0 aliphatic rings. The van der Waals surface area contributed by atoms with Crippen molar-refractivity contribution in [3.8, 4) is 0 Å². The zero-order valence-electron chi connectivity index (χ0n) is 12.9. The number of aromatic nitrogens is 2. The summed E-state index contributed by atoms with van der Waals surface area (Å²) in [5.41, 5.74) is 2.41. The van der Waals surface area contributed by atoms with Crippen LogP contribution in [0.5, 0.6) is 0 Å². The standard InChI is InChI=1S/C17H21N3O2/c1-3-5-16(21)14-8-6-13(7-9-14)11-20-12-15(10-19-20)17(22)18-4-2/h5-10,12,21H,3-4,11H2,1-2H3,(H,18,22)/b16-5+. The van der Waals surface area contributed by atoms with Gasteiger partial charge in [-0.15, -0.1) is 0 Å². The zero-order valence-corrected chi connectivity index (χ0v) is 12.9. The lowest BCUT2D eigenvalue weighted by atomic mass is 10.1. The van der Waals surface area contributed by atoms with Crippen molar-refractivity contribution >= 4 is 11.7 Å². The Labute approximate surface area is 130 Å². The molecular weight excluding hydrogens is 278 g/mol. The van der Waals surface area contributed by atoms with Crippen LogP contribution in [0.3, 0.4) is 0 Å². The van der Waals surface area contributed by atoms with Gasteiger partial charge in [0, 0.05) is 18.3 Å². The molecule has 0 atom stereocenters. The summed E-state index contributed by atoms with van der Waals surface area (Å²) < 4.78 is 1.72. The Bertz CT molecular complexity index is 657. The molecule has 1 amide bonds.